The summed E-state index contributed by atoms with van der Waals surface area (Å²) >= 11 is 5.89. The van der Waals surface area contributed by atoms with Crippen molar-refractivity contribution < 1.29 is 18.0 Å². The molecule has 1 aromatic carbocycles. The fourth-order valence-electron chi connectivity index (χ4n) is 3.01. The van der Waals surface area contributed by atoms with Crippen molar-refractivity contribution in [1.29, 1.82) is 0 Å². The summed E-state index contributed by atoms with van der Waals surface area (Å²) in [5, 5.41) is 2.51. The lowest BCUT2D eigenvalue weighted by atomic mass is 10.0. The number of aromatic nitrogens is 2. The topological polar surface area (TPSA) is 84.1 Å². The quantitative estimate of drug-likeness (QED) is 0.805. The molecule has 2 aromatic rings. The molecule has 0 spiro atoms. The second kappa shape index (κ2) is 7.67. The molecule has 0 saturated carbocycles. The highest BCUT2D eigenvalue weighted by Crippen LogP contribution is 2.37. The number of carbonyl (C=O) groups excluding carboxylic acids is 1. The number of rotatable bonds is 3. The van der Waals surface area contributed by atoms with E-state index in [4.69, 9.17) is 17.3 Å². The second-order valence-electron chi connectivity index (χ2n) is 6.28. The van der Waals surface area contributed by atoms with Gasteiger partial charge in [0.15, 0.2) is 0 Å². The Kier molecular flexibility index (Phi) is 5.46. The Bertz CT molecular complexity index is 917. The molecule has 1 atom stereocenters. The van der Waals surface area contributed by atoms with Crippen molar-refractivity contribution in [2.75, 3.05) is 11.9 Å². The lowest BCUT2D eigenvalue weighted by molar-refractivity contribution is -0.137. The number of anilines is 1. The fraction of sp³-hybridized carbons (Fsp3) is 0.278. The predicted octanol–water partition coefficient (Wildman–Crippen LogP) is 3.67. The van der Waals surface area contributed by atoms with Crippen LogP contribution in [-0.2, 0) is 6.18 Å². The third kappa shape index (κ3) is 3.89. The Morgan fingerprint density at radius 1 is 1.32 bits per heavy atom. The van der Waals surface area contributed by atoms with Crippen LogP contribution in [0.25, 0.3) is 0 Å². The normalized spacial score (nSPS) is 17.6. The summed E-state index contributed by atoms with van der Waals surface area (Å²) in [6.07, 6.45) is 0.309. The van der Waals surface area contributed by atoms with Gasteiger partial charge in [0.2, 0.25) is 0 Å². The van der Waals surface area contributed by atoms with E-state index < -0.39 is 28.7 Å². The molecular formula is C18H17ClF3N5O. The van der Waals surface area contributed by atoms with Crippen LogP contribution in [0.15, 0.2) is 48.3 Å². The van der Waals surface area contributed by atoms with Crippen LogP contribution in [0.4, 0.5) is 18.9 Å². The summed E-state index contributed by atoms with van der Waals surface area (Å²) in [7, 11) is 0. The van der Waals surface area contributed by atoms with Crippen molar-refractivity contribution >= 4 is 23.2 Å². The minimum absolute atomic E-state index is 0.205. The smallest absolute Gasteiger partial charge is 0.399 e. The summed E-state index contributed by atoms with van der Waals surface area (Å²) in [5.41, 5.74) is 6.70. The number of nitrogens with zero attached hydrogens (tertiary/aromatic N) is 3. The lowest BCUT2D eigenvalue weighted by Crippen LogP contribution is -2.46. The van der Waals surface area contributed by atoms with Gasteiger partial charge in [0, 0.05) is 18.7 Å². The van der Waals surface area contributed by atoms with Gasteiger partial charge in [0.25, 0.3) is 5.91 Å². The minimum atomic E-state index is -4.64. The van der Waals surface area contributed by atoms with E-state index in [0.29, 0.717) is 23.5 Å². The monoisotopic (exact) mass is 411 g/mol. The number of amides is 1. The molecule has 0 fully saturated rings. The first-order valence-corrected chi connectivity index (χ1v) is 8.75. The molecular weight excluding hydrogens is 395 g/mol. The van der Waals surface area contributed by atoms with Gasteiger partial charge in [-0.1, -0.05) is 17.7 Å². The third-order valence-electron chi connectivity index (χ3n) is 4.52. The summed E-state index contributed by atoms with van der Waals surface area (Å²) in [6, 6.07) is 2.76. The molecule has 3 rings (SSSR count). The molecule has 3 N–H and O–H groups in total. The molecule has 0 aliphatic carbocycles. The van der Waals surface area contributed by atoms with Crippen molar-refractivity contribution in [3.63, 3.8) is 0 Å². The van der Waals surface area contributed by atoms with Gasteiger partial charge >= 0.3 is 6.18 Å². The summed E-state index contributed by atoms with van der Waals surface area (Å²) in [4.78, 5) is 22.1. The van der Waals surface area contributed by atoms with E-state index in [0.717, 1.165) is 12.1 Å². The average Bonchev–Trinajstić information content (AvgIpc) is 2.65. The molecule has 148 valence electrons. The Labute approximate surface area is 164 Å². The van der Waals surface area contributed by atoms with Crippen LogP contribution in [0.3, 0.4) is 0 Å². The van der Waals surface area contributed by atoms with E-state index in [9.17, 15) is 18.0 Å². The van der Waals surface area contributed by atoms with Crippen LogP contribution in [0.1, 0.15) is 29.3 Å². The van der Waals surface area contributed by atoms with Crippen LogP contribution >= 0.6 is 11.6 Å². The van der Waals surface area contributed by atoms with E-state index in [1.807, 2.05) is 0 Å². The fourth-order valence-corrected chi connectivity index (χ4v) is 3.33. The lowest BCUT2D eigenvalue weighted by Gasteiger charge is -2.36. The van der Waals surface area contributed by atoms with Gasteiger partial charge < -0.3 is 16.0 Å². The van der Waals surface area contributed by atoms with E-state index in [2.05, 4.69) is 15.3 Å². The highest BCUT2D eigenvalue weighted by atomic mass is 35.5. The van der Waals surface area contributed by atoms with Gasteiger partial charge in [-0.2, -0.15) is 13.2 Å². The van der Waals surface area contributed by atoms with Crippen molar-refractivity contribution in [1.82, 2.24) is 14.9 Å². The molecule has 1 aromatic heterocycles. The van der Waals surface area contributed by atoms with Crippen molar-refractivity contribution in [3.8, 4) is 0 Å². The Hall–Kier alpha value is -2.81. The zero-order valence-electron chi connectivity index (χ0n) is 14.8. The second-order valence-corrected chi connectivity index (χ2v) is 6.65. The molecule has 1 aliphatic rings. The van der Waals surface area contributed by atoms with Crippen LogP contribution < -0.4 is 11.1 Å². The molecule has 6 nitrogen and oxygen atoms in total. The Balaban J connectivity index is 1.85. The molecule has 1 unspecified atom stereocenters. The Morgan fingerprint density at radius 3 is 2.64 bits per heavy atom. The number of hydrogen-bond donors (Lipinski definition) is 2. The minimum Gasteiger partial charge on any atom is -0.399 e. The molecule has 10 heteroatoms. The number of carbonyl (C=O) groups is 1. The van der Waals surface area contributed by atoms with Crippen molar-refractivity contribution in [2.45, 2.75) is 25.6 Å². The van der Waals surface area contributed by atoms with E-state index in [1.165, 1.54) is 17.3 Å². The van der Waals surface area contributed by atoms with Crippen molar-refractivity contribution in [3.05, 3.63) is 64.5 Å². The number of hydrogen-bond acceptors (Lipinski definition) is 5. The van der Waals surface area contributed by atoms with Crippen LogP contribution in [-0.4, -0.2) is 33.4 Å². The number of alkyl halides is 3. The molecule has 0 bridgehead atoms. The highest BCUT2D eigenvalue weighted by Gasteiger charge is 2.36. The highest BCUT2D eigenvalue weighted by molar-refractivity contribution is 6.34. The zero-order valence-corrected chi connectivity index (χ0v) is 15.6. The molecule has 1 aliphatic heterocycles. The zero-order chi connectivity index (χ0) is 20.5. The molecule has 0 radical (unpaired) electrons. The Morgan fingerprint density at radius 2 is 2.00 bits per heavy atom. The number of benzene rings is 1. The van der Waals surface area contributed by atoms with Crippen LogP contribution in [0.5, 0.6) is 0 Å². The summed E-state index contributed by atoms with van der Waals surface area (Å²) in [6.45, 7) is 1.97. The van der Waals surface area contributed by atoms with Crippen LogP contribution in [0, 0.1) is 0 Å². The van der Waals surface area contributed by atoms with Crippen LogP contribution in [0.2, 0.25) is 5.02 Å². The van der Waals surface area contributed by atoms with Gasteiger partial charge in [-0.3, -0.25) is 4.79 Å². The van der Waals surface area contributed by atoms with Crippen molar-refractivity contribution in [2.24, 2.45) is 5.73 Å². The van der Waals surface area contributed by atoms with Gasteiger partial charge in [0.05, 0.1) is 46.0 Å². The maximum atomic E-state index is 13.1. The molecule has 1 amide bonds. The number of nitrogens with one attached hydrogen (secondary N) is 1. The maximum Gasteiger partial charge on any atom is 0.417 e. The number of nitrogens with two attached hydrogens (primary N) is 1. The molecule has 28 heavy (non-hydrogen) atoms. The SMILES string of the molecule is CC1C(N)=C(Nc2cncnc2)CCN1C(=O)c1cccc(C(F)(F)F)c1Cl. The van der Waals surface area contributed by atoms with Gasteiger partial charge in [-0.05, 0) is 19.1 Å². The van der Waals surface area contributed by atoms with E-state index in [-0.39, 0.29) is 12.1 Å². The summed E-state index contributed by atoms with van der Waals surface area (Å²) < 4.78 is 39.2. The average molecular weight is 412 g/mol. The third-order valence-corrected chi connectivity index (χ3v) is 4.93. The first kappa shape index (κ1) is 19.9. The van der Waals surface area contributed by atoms with E-state index in [1.54, 1.807) is 19.3 Å². The van der Waals surface area contributed by atoms with Gasteiger partial charge in [-0.25, -0.2) is 9.97 Å². The first-order chi connectivity index (χ1) is 13.2. The first-order valence-electron chi connectivity index (χ1n) is 8.37. The van der Waals surface area contributed by atoms with E-state index >= 15 is 0 Å². The number of halogens is 4. The summed E-state index contributed by atoms with van der Waals surface area (Å²) in [5.74, 6) is -0.603. The predicted molar refractivity (Wildman–Crippen MR) is 98.4 cm³/mol. The standard InChI is InChI=1S/C18H17ClF3N5O/c1-10-16(23)14(26-11-7-24-9-25-8-11)5-6-27(10)17(28)12-3-2-4-13(15(12)19)18(20,21)22/h2-4,7-10,26H,5-6,23H2,1H3. The molecule has 2 heterocycles. The van der Waals surface area contributed by atoms with Gasteiger partial charge in [0.1, 0.15) is 6.33 Å². The van der Waals surface area contributed by atoms with Gasteiger partial charge in [-0.15, -0.1) is 0 Å². The maximum absolute atomic E-state index is 13.1. The molecule has 0 saturated heterocycles. The largest absolute Gasteiger partial charge is 0.417 e.